The molecule has 3 aliphatic rings. The van der Waals surface area contributed by atoms with Gasteiger partial charge in [0.2, 0.25) is 0 Å². The minimum absolute atomic E-state index is 0.233. The Morgan fingerprint density at radius 2 is 1.59 bits per heavy atom. The Bertz CT molecular complexity index is 362. The van der Waals surface area contributed by atoms with Crippen molar-refractivity contribution in [3.63, 3.8) is 0 Å². The average molecular weight is 240 g/mol. The van der Waals surface area contributed by atoms with Crippen LogP contribution < -0.4 is 0 Å². The van der Waals surface area contributed by atoms with Gasteiger partial charge in [-0.05, 0) is 50.4 Å². The van der Waals surface area contributed by atoms with Crippen LogP contribution in [0, 0.1) is 16.7 Å². The molecule has 0 saturated heterocycles. The van der Waals surface area contributed by atoms with E-state index in [4.69, 9.17) is 0 Å². The molecule has 0 aliphatic heterocycles. The van der Waals surface area contributed by atoms with E-state index in [0.29, 0.717) is 18.8 Å². The minimum atomic E-state index is -0.994. The number of hydrogen-bond donors (Lipinski definition) is 3. The molecule has 1 spiro atoms. The van der Waals surface area contributed by atoms with E-state index in [1.807, 2.05) is 6.92 Å². The van der Waals surface area contributed by atoms with Crippen molar-refractivity contribution in [3.8, 4) is 0 Å². The van der Waals surface area contributed by atoms with Crippen LogP contribution in [0.4, 0.5) is 0 Å². The van der Waals surface area contributed by atoms with Crippen molar-refractivity contribution in [1.82, 2.24) is 0 Å². The number of aliphatic hydroxyl groups is 3. The largest absolute Gasteiger partial charge is 0.392 e. The fraction of sp³-hybridized carbons (Fsp3) is 1.00. The number of aliphatic hydroxyl groups excluding tert-OH is 1. The van der Waals surface area contributed by atoms with E-state index in [9.17, 15) is 15.3 Å². The van der Waals surface area contributed by atoms with Gasteiger partial charge in [-0.1, -0.05) is 13.8 Å². The summed E-state index contributed by atoms with van der Waals surface area (Å²) in [7, 11) is 0. The van der Waals surface area contributed by atoms with Crippen LogP contribution in [0.1, 0.15) is 52.9 Å². The molecule has 2 bridgehead atoms. The van der Waals surface area contributed by atoms with Gasteiger partial charge in [-0.2, -0.15) is 0 Å². The molecule has 3 heteroatoms. The van der Waals surface area contributed by atoms with Crippen LogP contribution in [-0.4, -0.2) is 32.6 Å². The molecule has 3 nitrogen and oxygen atoms in total. The van der Waals surface area contributed by atoms with Crippen molar-refractivity contribution >= 4 is 0 Å². The maximum absolute atomic E-state index is 11.1. The summed E-state index contributed by atoms with van der Waals surface area (Å²) >= 11 is 0. The first kappa shape index (κ1) is 11.9. The van der Waals surface area contributed by atoms with Gasteiger partial charge in [-0.15, -0.1) is 0 Å². The third kappa shape index (κ3) is 0.980. The van der Waals surface area contributed by atoms with Crippen LogP contribution in [0.25, 0.3) is 0 Å². The molecule has 0 amide bonds. The summed E-state index contributed by atoms with van der Waals surface area (Å²) in [6.45, 7) is 6.00. The van der Waals surface area contributed by atoms with Gasteiger partial charge in [0.1, 0.15) is 0 Å². The zero-order valence-electron chi connectivity index (χ0n) is 11.0. The molecular weight excluding hydrogens is 216 g/mol. The first-order valence-corrected chi connectivity index (χ1v) is 6.82. The van der Waals surface area contributed by atoms with Gasteiger partial charge in [0.05, 0.1) is 22.7 Å². The van der Waals surface area contributed by atoms with Crippen molar-refractivity contribution in [2.75, 3.05) is 0 Å². The Labute approximate surface area is 103 Å². The molecular formula is C14H24O3. The lowest BCUT2D eigenvalue weighted by molar-refractivity contribution is -0.214. The van der Waals surface area contributed by atoms with Gasteiger partial charge in [0.25, 0.3) is 0 Å². The summed E-state index contributed by atoms with van der Waals surface area (Å²) in [5.74, 6) is 0.408. The molecule has 98 valence electrons. The van der Waals surface area contributed by atoms with Crippen LogP contribution in [0.3, 0.4) is 0 Å². The van der Waals surface area contributed by atoms with Gasteiger partial charge < -0.3 is 15.3 Å². The fourth-order valence-electron chi connectivity index (χ4n) is 5.30. The van der Waals surface area contributed by atoms with Gasteiger partial charge in [0.15, 0.2) is 0 Å². The number of fused-ring (bicyclic) bond motifs is 1. The summed E-state index contributed by atoms with van der Waals surface area (Å²) in [5, 5.41) is 32.4. The predicted octanol–water partition coefficient (Wildman–Crippen LogP) is 1.45. The Kier molecular flexibility index (Phi) is 2.03. The fourth-order valence-corrected chi connectivity index (χ4v) is 5.30. The Hall–Kier alpha value is -0.120. The van der Waals surface area contributed by atoms with Gasteiger partial charge in [0, 0.05) is 0 Å². The highest BCUT2D eigenvalue weighted by molar-refractivity contribution is 5.27. The maximum Gasteiger partial charge on any atom is 0.0781 e. The number of rotatable bonds is 0. The highest BCUT2D eigenvalue weighted by atomic mass is 16.3. The molecule has 0 heterocycles. The lowest BCUT2D eigenvalue weighted by Gasteiger charge is -2.52. The van der Waals surface area contributed by atoms with Crippen LogP contribution in [0.2, 0.25) is 0 Å². The lowest BCUT2D eigenvalue weighted by atomic mass is 9.59. The van der Waals surface area contributed by atoms with Crippen LogP contribution in [-0.2, 0) is 0 Å². The van der Waals surface area contributed by atoms with Crippen LogP contribution >= 0.6 is 0 Å². The lowest BCUT2D eigenvalue weighted by Crippen LogP contribution is -2.62. The van der Waals surface area contributed by atoms with E-state index in [0.717, 1.165) is 19.3 Å². The molecule has 0 aromatic heterocycles. The van der Waals surface area contributed by atoms with Gasteiger partial charge in [-0.25, -0.2) is 0 Å². The third-order valence-corrected chi connectivity index (χ3v) is 6.85. The minimum Gasteiger partial charge on any atom is -0.392 e. The van der Waals surface area contributed by atoms with E-state index >= 15 is 0 Å². The molecule has 0 unspecified atom stereocenters. The first-order chi connectivity index (χ1) is 7.69. The van der Waals surface area contributed by atoms with Crippen LogP contribution in [0.5, 0.6) is 0 Å². The van der Waals surface area contributed by atoms with Crippen molar-refractivity contribution in [2.45, 2.75) is 70.2 Å². The molecule has 3 N–H and O–H groups in total. The Balaban J connectivity index is 2.21. The van der Waals surface area contributed by atoms with Crippen molar-refractivity contribution in [3.05, 3.63) is 0 Å². The second-order valence-corrected chi connectivity index (χ2v) is 7.29. The second-order valence-electron chi connectivity index (χ2n) is 7.29. The highest BCUT2D eigenvalue weighted by Crippen LogP contribution is 2.73. The molecule has 17 heavy (non-hydrogen) atoms. The van der Waals surface area contributed by atoms with Crippen LogP contribution in [0.15, 0.2) is 0 Å². The number of hydrogen-bond acceptors (Lipinski definition) is 3. The predicted molar refractivity (Wildman–Crippen MR) is 64.4 cm³/mol. The Morgan fingerprint density at radius 3 is 2.24 bits per heavy atom. The van der Waals surface area contributed by atoms with E-state index in [2.05, 4.69) is 13.8 Å². The van der Waals surface area contributed by atoms with E-state index in [-0.39, 0.29) is 5.41 Å². The van der Waals surface area contributed by atoms with E-state index in [1.54, 1.807) is 0 Å². The average Bonchev–Trinajstić information content (AvgIpc) is 2.57. The summed E-state index contributed by atoms with van der Waals surface area (Å²) in [5.41, 5.74) is -2.79. The normalized spacial score (nSPS) is 60.4. The molecule has 0 radical (unpaired) electrons. The third-order valence-electron chi connectivity index (χ3n) is 6.85. The van der Waals surface area contributed by atoms with Gasteiger partial charge >= 0.3 is 0 Å². The van der Waals surface area contributed by atoms with E-state index in [1.165, 1.54) is 0 Å². The van der Waals surface area contributed by atoms with Crippen molar-refractivity contribution in [1.29, 1.82) is 0 Å². The zero-order chi connectivity index (χ0) is 12.7. The molecule has 0 aromatic rings. The zero-order valence-corrected chi connectivity index (χ0v) is 11.0. The monoisotopic (exact) mass is 240 g/mol. The topological polar surface area (TPSA) is 60.7 Å². The van der Waals surface area contributed by atoms with E-state index < -0.39 is 22.7 Å². The van der Waals surface area contributed by atoms with Gasteiger partial charge in [-0.3, -0.25) is 0 Å². The van der Waals surface area contributed by atoms with Crippen molar-refractivity contribution < 1.29 is 15.3 Å². The molecule has 3 rings (SSSR count). The molecule has 5 atom stereocenters. The summed E-state index contributed by atoms with van der Waals surface area (Å²) in [6.07, 6.45) is 3.16. The summed E-state index contributed by atoms with van der Waals surface area (Å²) in [6, 6.07) is 0. The Morgan fingerprint density at radius 1 is 1.00 bits per heavy atom. The second kappa shape index (κ2) is 2.89. The quantitative estimate of drug-likeness (QED) is 0.600. The standard InChI is InChI=1S/C14H24O3/c1-11(2)9-4-6-13(17)7-5-10(15)14(13,8-9)12(11,3)16/h9-10,15-17H,4-8H2,1-3H3/t9-,10+,12-,13-,14-/m0/s1. The molecule has 0 aromatic carbocycles. The summed E-state index contributed by atoms with van der Waals surface area (Å²) in [4.78, 5) is 0. The first-order valence-electron chi connectivity index (χ1n) is 6.82. The smallest absolute Gasteiger partial charge is 0.0781 e. The highest BCUT2D eigenvalue weighted by Gasteiger charge is 2.77. The SMILES string of the molecule is CC1(C)[C@H]2CC[C@]3(O)CC[C@@H](O)[C@@]3(C2)[C@@]1(C)O. The maximum atomic E-state index is 11.1. The molecule has 3 aliphatic carbocycles. The molecule has 3 fully saturated rings. The van der Waals surface area contributed by atoms with Crippen molar-refractivity contribution in [2.24, 2.45) is 16.7 Å². The molecule has 3 saturated carbocycles. The summed E-state index contributed by atoms with van der Waals surface area (Å²) < 4.78 is 0.